The van der Waals surface area contributed by atoms with E-state index < -0.39 is 0 Å². The molecule has 214 valence electrons. The van der Waals surface area contributed by atoms with E-state index >= 15 is 0 Å². The van der Waals surface area contributed by atoms with Gasteiger partial charge >= 0.3 is 0 Å². The topological polar surface area (TPSA) is 20.2 Å². The number of aliphatic hydroxyl groups excluding tert-OH is 1. The van der Waals surface area contributed by atoms with Gasteiger partial charge in [0.1, 0.15) is 0 Å². The molecule has 0 unspecified atom stereocenters. The van der Waals surface area contributed by atoms with Gasteiger partial charge in [0.2, 0.25) is 0 Å². The lowest BCUT2D eigenvalue weighted by Crippen LogP contribution is -2.05. The third-order valence-electron chi connectivity index (χ3n) is 7.74. The van der Waals surface area contributed by atoms with Gasteiger partial charge in [-0.1, -0.05) is 160 Å². The van der Waals surface area contributed by atoms with Gasteiger partial charge in [-0.25, -0.2) is 0 Å². The lowest BCUT2D eigenvalue weighted by Gasteiger charge is -2.09. The summed E-state index contributed by atoms with van der Waals surface area (Å²) < 4.78 is 0. The van der Waals surface area contributed by atoms with Gasteiger partial charge in [-0.2, -0.15) is 0 Å². The Morgan fingerprint density at radius 3 is 1.19 bits per heavy atom. The average molecular weight is 505 g/mol. The van der Waals surface area contributed by atoms with E-state index in [0.29, 0.717) is 0 Å². The first-order chi connectivity index (χ1) is 17.8. The molecule has 1 N–H and O–H groups in total. The quantitative estimate of drug-likeness (QED) is 0.0735. The van der Waals surface area contributed by atoms with Gasteiger partial charge in [0.05, 0.1) is 6.10 Å². The van der Waals surface area contributed by atoms with Crippen LogP contribution in [-0.2, 0) is 0 Å². The molecule has 0 saturated carbocycles. The van der Waals surface area contributed by atoms with Gasteiger partial charge in [0.25, 0.3) is 0 Å². The standard InChI is InChI=1S/C35H68O/c1-3-5-7-9-11-13-14-15-16-17-18-19-20-21-22-23-24-26-28-30-32-34-35(36)33-31-29-27-25-12-10-8-6-4-2/h4,25,27,35-36H,2-3,5-24,26,28-34H2,1H3/b27-25-/t35-/m1/s1. The van der Waals surface area contributed by atoms with Gasteiger partial charge < -0.3 is 5.11 Å². The van der Waals surface area contributed by atoms with Gasteiger partial charge in [-0.05, 0) is 51.4 Å². The zero-order valence-corrected chi connectivity index (χ0v) is 25.0. The molecular formula is C35H68O. The fourth-order valence-corrected chi connectivity index (χ4v) is 5.21. The van der Waals surface area contributed by atoms with Crippen molar-refractivity contribution in [2.45, 2.75) is 199 Å². The highest BCUT2D eigenvalue weighted by Crippen LogP contribution is 2.16. The van der Waals surface area contributed by atoms with Crippen LogP contribution in [0.15, 0.2) is 24.8 Å². The van der Waals surface area contributed by atoms with Crippen molar-refractivity contribution in [2.24, 2.45) is 0 Å². The van der Waals surface area contributed by atoms with Gasteiger partial charge in [0.15, 0.2) is 0 Å². The molecule has 0 amide bonds. The smallest absolute Gasteiger partial charge is 0.0540 e. The molecule has 0 rings (SSSR count). The van der Waals surface area contributed by atoms with Crippen molar-refractivity contribution in [3.63, 3.8) is 0 Å². The highest BCUT2D eigenvalue weighted by atomic mass is 16.3. The highest BCUT2D eigenvalue weighted by Gasteiger charge is 2.03. The second kappa shape index (κ2) is 32.5. The van der Waals surface area contributed by atoms with Crippen LogP contribution in [0.2, 0.25) is 0 Å². The van der Waals surface area contributed by atoms with Crippen molar-refractivity contribution in [1.82, 2.24) is 0 Å². The summed E-state index contributed by atoms with van der Waals surface area (Å²) in [6.07, 6.45) is 45.6. The third-order valence-corrected chi connectivity index (χ3v) is 7.74. The number of hydrogen-bond donors (Lipinski definition) is 1. The summed E-state index contributed by atoms with van der Waals surface area (Å²) in [4.78, 5) is 0. The Hall–Kier alpha value is -0.560. The molecule has 0 bridgehead atoms. The first-order valence-corrected chi connectivity index (χ1v) is 16.7. The van der Waals surface area contributed by atoms with Crippen LogP contribution in [0, 0.1) is 0 Å². The minimum absolute atomic E-state index is 0.0775. The summed E-state index contributed by atoms with van der Waals surface area (Å²) in [5.41, 5.74) is 0. The molecule has 0 aliphatic heterocycles. The van der Waals surface area contributed by atoms with Gasteiger partial charge in [-0.15, -0.1) is 6.58 Å². The lowest BCUT2D eigenvalue weighted by atomic mass is 10.0. The second-order valence-electron chi connectivity index (χ2n) is 11.5. The number of hydrogen-bond acceptors (Lipinski definition) is 1. The summed E-state index contributed by atoms with van der Waals surface area (Å²) >= 11 is 0. The predicted octanol–water partition coefficient (Wildman–Crippen LogP) is 12.4. The van der Waals surface area contributed by atoms with Crippen LogP contribution in [0.25, 0.3) is 0 Å². The first kappa shape index (κ1) is 35.4. The SMILES string of the molecule is C=CCCCC/C=C\CCC[C@@H](O)CCCCCCCCCCCCCCCCCCCCCCC. The Morgan fingerprint density at radius 2 is 0.778 bits per heavy atom. The van der Waals surface area contributed by atoms with E-state index in [-0.39, 0.29) is 6.10 Å². The van der Waals surface area contributed by atoms with Crippen LogP contribution in [0.3, 0.4) is 0 Å². The van der Waals surface area contributed by atoms with Crippen LogP contribution >= 0.6 is 0 Å². The van der Waals surface area contributed by atoms with E-state index in [4.69, 9.17) is 0 Å². The van der Waals surface area contributed by atoms with Crippen molar-refractivity contribution in [3.8, 4) is 0 Å². The number of aliphatic hydroxyl groups is 1. The van der Waals surface area contributed by atoms with Crippen LogP contribution in [-0.4, -0.2) is 11.2 Å². The molecule has 0 radical (unpaired) electrons. The maximum Gasteiger partial charge on any atom is 0.0540 e. The molecule has 0 aromatic carbocycles. The van der Waals surface area contributed by atoms with E-state index in [1.54, 1.807) is 0 Å². The molecule has 0 heterocycles. The maximum absolute atomic E-state index is 10.2. The Balaban J connectivity index is 3.15. The number of allylic oxidation sites excluding steroid dienone is 3. The highest BCUT2D eigenvalue weighted by molar-refractivity contribution is 4.82. The van der Waals surface area contributed by atoms with Crippen LogP contribution < -0.4 is 0 Å². The van der Waals surface area contributed by atoms with E-state index in [0.717, 1.165) is 32.1 Å². The molecule has 0 aromatic heterocycles. The van der Waals surface area contributed by atoms with Gasteiger partial charge in [0, 0.05) is 0 Å². The number of rotatable bonds is 31. The Kier molecular flexibility index (Phi) is 32.0. The van der Waals surface area contributed by atoms with E-state index in [1.807, 2.05) is 6.08 Å². The van der Waals surface area contributed by atoms with Crippen LogP contribution in [0.4, 0.5) is 0 Å². The Bertz CT molecular complexity index is 426. The van der Waals surface area contributed by atoms with Gasteiger partial charge in [-0.3, -0.25) is 0 Å². The largest absolute Gasteiger partial charge is 0.393 e. The molecule has 0 saturated heterocycles. The molecule has 0 aliphatic rings. The summed E-state index contributed by atoms with van der Waals surface area (Å²) in [6.45, 7) is 6.06. The summed E-state index contributed by atoms with van der Waals surface area (Å²) in [5.74, 6) is 0. The van der Waals surface area contributed by atoms with Crippen molar-refractivity contribution in [3.05, 3.63) is 24.8 Å². The Morgan fingerprint density at radius 1 is 0.444 bits per heavy atom. The number of unbranched alkanes of at least 4 members (excludes halogenated alkanes) is 24. The molecule has 1 nitrogen and oxygen atoms in total. The zero-order valence-electron chi connectivity index (χ0n) is 25.0. The molecule has 0 aliphatic carbocycles. The summed E-state index contributed by atoms with van der Waals surface area (Å²) in [6, 6.07) is 0. The third kappa shape index (κ3) is 31.5. The van der Waals surface area contributed by atoms with Crippen molar-refractivity contribution in [1.29, 1.82) is 0 Å². The van der Waals surface area contributed by atoms with E-state index in [2.05, 4.69) is 25.7 Å². The molecule has 1 atom stereocenters. The minimum atomic E-state index is -0.0775. The molecule has 1 heteroatoms. The van der Waals surface area contributed by atoms with Crippen LogP contribution in [0.1, 0.15) is 193 Å². The zero-order chi connectivity index (χ0) is 26.2. The average Bonchev–Trinajstić information content (AvgIpc) is 2.88. The normalized spacial score (nSPS) is 12.5. The fourth-order valence-electron chi connectivity index (χ4n) is 5.21. The van der Waals surface area contributed by atoms with E-state index in [9.17, 15) is 5.11 Å². The van der Waals surface area contributed by atoms with E-state index in [1.165, 1.54) is 154 Å². The Labute approximate surface area is 229 Å². The van der Waals surface area contributed by atoms with Crippen molar-refractivity contribution in [2.75, 3.05) is 0 Å². The second-order valence-corrected chi connectivity index (χ2v) is 11.5. The predicted molar refractivity (Wildman–Crippen MR) is 165 cm³/mol. The monoisotopic (exact) mass is 505 g/mol. The molecular weight excluding hydrogens is 436 g/mol. The summed E-state index contributed by atoms with van der Waals surface area (Å²) in [7, 11) is 0. The minimum Gasteiger partial charge on any atom is -0.393 e. The summed E-state index contributed by atoms with van der Waals surface area (Å²) in [5, 5.41) is 10.2. The van der Waals surface area contributed by atoms with Crippen molar-refractivity contribution >= 4 is 0 Å². The van der Waals surface area contributed by atoms with Crippen molar-refractivity contribution < 1.29 is 5.11 Å². The molecule has 0 aromatic rings. The lowest BCUT2D eigenvalue weighted by molar-refractivity contribution is 0.148. The first-order valence-electron chi connectivity index (χ1n) is 16.7. The fraction of sp³-hybridized carbons (Fsp3) is 0.886. The molecule has 36 heavy (non-hydrogen) atoms. The molecule has 0 spiro atoms. The van der Waals surface area contributed by atoms with Crippen LogP contribution in [0.5, 0.6) is 0 Å². The maximum atomic E-state index is 10.2. The molecule has 0 fully saturated rings.